The molecule has 5 heteroatoms. The van der Waals surface area contributed by atoms with E-state index in [1.807, 2.05) is 0 Å². The Morgan fingerprint density at radius 2 is 2.20 bits per heavy atom. The number of aliphatic hydroxyl groups excluding tert-OH is 1. The van der Waals surface area contributed by atoms with E-state index >= 15 is 0 Å². The van der Waals surface area contributed by atoms with Crippen LogP contribution in [0.5, 0.6) is 0 Å². The van der Waals surface area contributed by atoms with Gasteiger partial charge < -0.3 is 9.84 Å². The first-order valence-electron chi connectivity index (χ1n) is 4.74. The molecule has 0 fully saturated rings. The molecule has 0 bridgehead atoms. The number of amides is 1. The third kappa shape index (κ3) is 2.65. The number of esters is 1. The van der Waals surface area contributed by atoms with Gasteiger partial charge in [-0.2, -0.15) is 0 Å². The van der Waals surface area contributed by atoms with Crippen molar-refractivity contribution < 1.29 is 19.4 Å². The van der Waals surface area contributed by atoms with Crippen LogP contribution >= 0.6 is 0 Å². The Labute approximate surface area is 87.5 Å². The molecule has 1 aliphatic heterocycles. The molecular formula is C10H13NO4. The van der Waals surface area contributed by atoms with Gasteiger partial charge in [0.2, 0.25) is 5.91 Å². The lowest BCUT2D eigenvalue weighted by Gasteiger charge is -2.06. The van der Waals surface area contributed by atoms with Crippen molar-refractivity contribution in [3.8, 4) is 0 Å². The van der Waals surface area contributed by atoms with Gasteiger partial charge in [-0.15, -0.1) is 0 Å². The number of hydrogen-bond donors (Lipinski definition) is 1. The lowest BCUT2D eigenvalue weighted by molar-refractivity contribution is -0.138. The number of aliphatic imine (C=N–C) groups is 1. The number of aliphatic hydroxyl groups is 1. The minimum absolute atomic E-state index is 0.0164. The Bertz CT molecular complexity index is 350. The smallest absolute Gasteiger partial charge is 0.343 e. The van der Waals surface area contributed by atoms with Gasteiger partial charge in [0.25, 0.3) is 0 Å². The Morgan fingerprint density at radius 3 is 2.60 bits per heavy atom. The second-order valence-electron chi connectivity index (χ2n) is 3.13. The lowest BCUT2D eigenvalue weighted by atomic mass is 10.1. The highest BCUT2D eigenvalue weighted by molar-refractivity contribution is 6.24. The first kappa shape index (κ1) is 11.4. The summed E-state index contributed by atoms with van der Waals surface area (Å²) in [7, 11) is 0. The van der Waals surface area contributed by atoms with E-state index in [1.54, 1.807) is 6.92 Å². The average molecular weight is 211 g/mol. The van der Waals surface area contributed by atoms with Crippen molar-refractivity contribution in [3.63, 3.8) is 0 Å². The van der Waals surface area contributed by atoms with Gasteiger partial charge in [0.15, 0.2) is 0 Å². The number of hydrogen-bond acceptors (Lipinski definition) is 4. The second-order valence-corrected chi connectivity index (χ2v) is 3.13. The van der Waals surface area contributed by atoms with Crippen LogP contribution in [0, 0.1) is 0 Å². The van der Waals surface area contributed by atoms with Crippen molar-refractivity contribution in [1.82, 2.24) is 0 Å². The molecule has 1 amide bonds. The molecule has 0 unspecified atom stereocenters. The molecule has 0 aromatic carbocycles. The molecule has 0 saturated carbocycles. The van der Waals surface area contributed by atoms with E-state index in [1.165, 1.54) is 6.92 Å². The van der Waals surface area contributed by atoms with Crippen LogP contribution in [0.3, 0.4) is 0 Å². The maximum absolute atomic E-state index is 11.4. The lowest BCUT2D eigenvalue weighted by Crippen LogP contribution is -2.16. The summed E-state index contributed by atoms with van der Waals surface area (Å²) >= 11 is 0. The molecule has 0 aromatic rings. The van der Waals surface area contributed by atoms with Crippen molar-refractivity contribution in [3.05, 3.63) is 11.3 Å². The molecule has 5 nitrogen and oxygen atoms in total. The molecule has 1 heterocycles. The zero-order valence-electron chi connectivity index (χ0n) is 8.74. The molecule has 1 rings (SSSR count). The summed E-state index contributed by atoms with van der Waals surface area (Å²) in [6, 6.07) is 0. The SMILES string of the molecule is CCOC(=O)/C(C1=NC(=O)CC1)=C(\C)O. The average Bonchev–Trinajstić information content (AvgIpc) is 2.51. The van der Waals surface area contributed by atoms with Crippen LogP contribution in [-0.2, 0) is 14.3 Å². The normalized spacial score (nSPS) is 17.2. The molecule has 1 aliphatic rings. The van der Waals surface area contributed by atoms with Gasteiger partial charge in [-0.1, -0.05) is 0 Å². The maximum atomic E-state index is 11.4. The third-order valence-corrected chi connectivity index (χ3v) is 1.97. The molecule has 82 valence electrons. The summed E-state index contributed by atoms with van der Waals surface area (Å²) in [5.74, 6) is -1.07. The van der Waals surface area contributed by atoms with Crippen molar-refractivity contribution in [2.24, 2.45) is 4.99 Å². The Morgan fingerprint density at radius 1 is 1.53 bits per heavy atom. The van der Waals surface area contributed by atoms with Crippen LogP contribution in [0.15, 0.2) is 16.3 Å². The number of nitrogens with zero attached hydrogens (tertiary/aromatic N) is 1. The van der Waals surface area contributed by atoms with Gasteiger partial charge in [-0.3, -0.25) is 4.79 Å². The van der Waals surface area contributed by atoms with E-state index < -0.39 is 5.97 Å². The molecule has 1 N–H and O–H groups in total. The predicted octanol–water partition coefficient (Wildman–Crippen LogP) is 1.14. The topological polar surface area (TPSA) is 76.0 Å². The van der Waals surface area contributed by atoms with Crippen LogP contribution < -0.4 is 0 Å². The van der Waals surface area contributed by atoms with E-state index in [0.717, 1.165) is 0 Å². The maximum Gasteiger partial charge on any atom is 0.343 e. The first-order chi connectivity index (χ1) is 7.06. The summed E-state index contributed by atoms with van der Waals surface area (Å²) in [5.41, 5.74) is 0.334. The van der Waals surface area contributed by atoms with Crippen LogP contribution in [0.4, 0.5) is 0 Å². The van der Waals surface area contributed by atoms with Gasteiger partial charge in [-0.25, -0.2) is 9.79 Å². The van der Waals surface area contributed by atoms with Gasteiger partial charge in [0, 0.05) is 6.42 Å². The van der Waals surface area contributed by atoms with E-state index in [-0.39, 0.29) is 30.3 Å². The largest absolute Gasteiger partial charge is 0.512 e. The van der Waals surface area contributed by atoms with Crippen molar-refractivity contribution in [2.75, 3.05) is 6.61 Å². The minimum Gasteiger partial charge on any atom is -0.512 e. The fourth-order valence-electron chi connectivity index (χ4n) is 1.35. The molecular weight excluding hydrogens is 198 g/mol. The zero-order valence-corrected chi connectivity index (χ0v) is 8.74. The van der Waals surface area contributed by atoms with Crippen LogP contribution in [-0.4, -0.2) is 29.3 Å². The molecule has 0 radical (unpaired) electrons. The number of rotatable bonds is 3. The number of carbonyl (C=O) groups is 2. The van der Waals surface area contributed by atoms with Crippen LogP contribution in [0.2, 0.25) is 0 Å². The molecule has 15 heavy (non-hydrogen) atoms. The van der Waals surface area contributed by atoms with Crippen LogP contribution in [0.1, 0.15) is 26.7 Å². The Balaban J connectivity index is 2.95. The van der Waals surface area contributed by atoms with Crippen LogP contribution in [0.25, 0.3) is 0 Å². The highest BCUT2D eigenvalue weighted by atomic mass is 16.5. The zero-order chi connectivity index (χ0) is 11.4. The highest BCUT2D eigenvalue weighted by Crippen LogP contribution is 2.16. The Hall–Kier alpha value is -1.65. The number of ether oxygens (including phenoxy) is 1. The monoisotopic (exact) mass is 211 g/mol. The van der Waals surface area contributed by atoms with E-state index in [2.05, 4.69) is 4.99 Å². The number of carbonyl (C=O) groups excluding carboxylic acids is 2. The number of allylic oxidation sites excluding steroid dienone is 1. The summed E-state index contributed by atoms with van der Waals surface area (Å²) < 4.78 is 4.76. The standard InChI is InChI=1S/C10H13NO4/c1-3-15-10(14)9(6(2)12)7-4-5-8(13)11-7/h12H,3-5H2,1-2H3/b9-6+. The van der Waals surface area contributed by atoms with Gasteiger partial charge in [0.1, 0.15) is 11.3 Å². The molecule has 0 saturated heterocycles. The molecule has 0 aliphatic carbocycles. The van der Waals surface area contributed by atoms with Crippen molar-refractivity contribution in [1.29, 1.82) is 0 Å². The summed E-state index contributed by atoms with van der Waals surface area (Å²) in [5, 5.41) is 9.34. The van der Waals surface area contributed by atoms with Crippen molar-refractivity contribution in [2.45, 2.75) is 26.7 Å². The van der Waals surface area contributed by atoms with Gasteiger partial charge >= 0.3 is 5.97 Å². The Kier molecular flexibility index (Phi) is 3.60. The minimum atomic E-state index is -0.633. The third-order valence-electron chi connectivity index (χ3n) is 1.97. The van der Waals surface area contributed by atoms with Gasteiger partial charge in [0.05, 0.1) is 12.3 Å². The highest BCUT2D eigenvalue weighted by Gasteiger charge is 2.25. The first-order valence-corrected chi connectivity index (χ1v) is 4.74. The van der Waals surface area contributed by atoms with Gasteiger partial charge in [-0.05, 0) is 20.3 Å². The fraction of sp³-hybridized carbons (Fsp3) is 0.500. The summed E-state index contributed by atoms with van der Waals surface area (Å²) in [6.07, 6.45) is 0.663. The quantitative estimate of drug-likeness (QED) is 0.431. The predicted molar refractivity (Wildman–Crippen MR) is 53.6 cm³/mol. The van der Waals surface area contributed by atoms with E-state index in [9.17, 15) is 14.7 Å². The van der Waals surface area contributed by atoms with E-state index in [0.29, 0.717) is 12.1 Å². The molecule has 0 aromatic heterocycles. The fourth-order valence-corrected chi connectivity index (χ4v) is 1.35. The molecule has 0 atom stereocenters. The van der Waals surface area contributed by atoms with E-state index in [4.69, 9.17) is 4.74 Å². The van der Waals surface area contributed by atoms with Crippen molar-refractivity contribution >= 4 is 17.6 Å². The summed E-state index contributed by atoms with van der Waals surface area (Å²) in [6.45, 7) is 3.26. The summed E-state index contributed by atoms with van der Waals surface area (Å²) in [4.78, 5) is 26.0. The molecule has 0 spiro atoms. The second kappa shape index (κ2) is 4.72.